The number of nitrogens with zero attached hydrogens (tertiary/aromatic N) is 1. The Labute approximate surface area is 114 Å². The first-order valence-electron chi connectivity index (χ1n) is 5.24. The van der Waals surface area contributed by atoms with E-state index in [4.69, 9.17) is 11.6 Å². The number of halogens is 1. The lowest BCUT2D eigenvalue weighted by molar-refractivity contribution is 0.794. The van der Waals surface area contributed by atoms with Gasteiger partial charge in [0, 0.05) is 21.8 Å². The van der Waals surface area contributed by atoms with Crippen molar-refractivity contribution in [3.05, 3.63) is 45.4 Å². The summed E-state index contributed by atoms with van der Waals surface area (Å²) in [5.41, 5.74) is 1.12. The Hall–Kier alpha value is -0.550. The highest BCUT2D eigenvalue weighted by atomic mass is 35.5. The van der Waals surface area contributed by atoms with Crippen molar-refractivity contribution in [1.29, 1.82) is 0 Å². The molecule has 0 aliphatic rings. The molecule has 1 N–H and O–H groups in total. The van der Waals surface area contributed by atoms with E-state index in [1.807, 2.05) is 31.3 Å². The summed E-state index contributed by atoms with van der Waals surface area (Å²) in [6.45, 7) is 0.835. The smallest absolute Gasteiger partial charge is 0.103 e. The van der Waals surface area contributed by atoms with E-state index < -0.39 is 0 Å². The minimum atomic E-state index is 0.778. The molecule has 0 unspecified atom stereocenters. The highest BCUT2D eigenvalue weighted by Gasteiger charge is 2.02. The summed E-state index contributed by atoms with van der Waals surface area (Å²) >= 11 is 9.34. The monoisotopic (exact) mass is 284 g/mol. The van der Waals surface area contributed by atoms with Gasteiger partial charge in [0.15, 0.2) is 0 Å². The summed E-state index contributed by atoms with van der Waals surface area (Å²) in [7, 11) is 1.93. The molecule has 0 saturated heterocycles. The van der Waals surface area contributed by atoms with E-state index in [0.717, 1.165) is 28.0 Å². The van der Waals surface area contributed by atoms with Gasteiger partial charge in [-0.05, 0) is 31.3 Å². The summed E-state index contributed by atoms with van der Waals surface area (Å²) < 4.78 is 0. The van der Waals surface area contributed by atoms with Gasteiger partial charge in [-0.1, -0.05) is 11.6 Å². The van der Waals surface area contributed by atoms with Crippen LogP contribution in [0.3, 0.4) is 0 Å². The SMILES string of the molecule is CNCc1csc(CSc2ccc(Cl)cc2)n1. The normalized spacial score (nSPS) is 10.7. The average Bonchev–Trinajstić information content (AvgIpc) is 2.77. The van der Waals surface area contributed by atoms with Gasteiger partial charge >= 0.3 is 0 Å². The van der Waals surface area contributed by atoms with Crippen molar-refractivity contribution in [3.63, 3.8) is 0 Å². The largest absolute Gasteiger partial charge is 0.314 e. The molecule has 2 rings (SSSR count). The molecule has 2 aromatic rings. The third kappa shape index (κ3) is 4.00. The molecule has 0 aliphatic carbocycles. The van der Waals surface area contributed by atoms with E-state index in [1.54, 1.807) is 23.1 Å². The number of aromatic nitrogens is 1. The molecule has 17 heavy (non-hydrogen) atoms. The molecule has 1 aromatic carbocycles. The number of benzene rings is 1. The highest BCUT2D eigenvalue weighted by molar-refractivity contribution is 7.98. The topological polar surface area (TPSA) is 24.9 Å². The summed E-state index contributed by atoms with van der Waals surface area (Å²) in [6, 6.07) is 7.90. The molecule has 2 nitrogen and oxygen atoms in total. The Balaban J connectivity index is 1.90. The van der Waals surface area contributed by atoms with Crippen LogP contribution < -0.4 is 5.32 Å². The van der Waals surface area contributed by atoms with Gasteiger partial charge in [-0.2, -0.15) is 0 Å². The lowest BCUT2D eigenvalue weighted by Crippen LogP contribution is -2.05. The Bertz CT molecular complexity index is 468. The number of nitrogens with one attached hydrogen (secondary N) is 1. The molecule has 0 fully saturated rings. The van der Waals surface area contributed by atoms with Crippen molar-refractivity contribution in [3.8, 4) is 0 Å². The van der Waals surface area contributed by atoms with Gasteiger partial charge in [0.1, 0.15) is 5.01 Å². The van der Waals surface area contributed by atoms with Crippen LogP contribution in [0.2, 0.25) is 5.02 Å². The van der Waals surface area contributed by atoms with Crippen molar-refractivity contribution < 1.29 is 0 Å². The van der Waals surface area contributed by atoms with E-state index in [1.165, 1.54) is 4.90 Å². The Morgan fingerprint density at radius 1 is 1.35 bits per heavy atom. The molecule has 90 valence electrons. The zero-order valence-corrected chi connectivity index (χ0v) is 11.8. The summed E-state index contributed by atoms with van der Waals surface area (Å²) in [6.07, 6.45) is 0. The third-order valence-corrected chi connectivity index (χ3v) is 4.49. The van der Waals surface area contributed by atoms with Crippen LogP contribution in [0.15, 0.2) is 34.5 Å². The first-order valence-corrected chi connectivity index (χ1v) is 7.48. The van der Waals surface area contributed by atoms with Crippen LogP contribution in [0, 0.1) is 0 Å². The van der Waals surface area contributed by atoms with E-state index >= 15 is 0 Å². The lowest BCUT2D eigenvalue weighted by atomic mass is 10.4. The van der Waals surface area contributed by atoms with Crippen LogP contribution in [-0.2, 0) is 12.3 Å². The Morgan fingerprint density at radius 2 is 2.12 bits per heavy atom. The van der Waals surface area contributed by atoms with Crippen LogP contribution >= 0.6 is 34.7 Å². The van der Waals surface area contributed by atoms with E-state index in [9.17, 15) is 0 Å². The van der Waals surface area contributed by atoms with Crippen LogP contribution in [0.4, 0.5) is 0 Å². The fourth-order valence-corrected chi connectivity index (χ4v) is 3.19. The second-order valence-electron chi connectivity index (χ2n) is 3.51. The highest BCUT2D eigenvalue weighted by Crippen LogP contribution is 2.25. The van der Waals surface area contributed by atoms with Gasteiger partial charge in [-0.15, -0.1) is 23.1 Å². The Morgan fingerprint density at radius 3 is 2.82 bits per heavy atom. The zero-order valence-electron chi connectivity index (χ0n) is 9.44. The minimum Gasteiger partial charge on any atom is -0.314 e. The van der Waals surface area contributed by atoms with Gasteiger partial charge in [0.25, 0.3) is 0 Å². The van der Waals surface area contributed by atoms with Crippen LogP contribution in [-0.4, -0.2) is 12.0 Å². The number of thioether (sulfide) groups is 1. The molecule has 0 aliphatic heterocycles. The second-order valence-corrected chi connectivity index (χ2v) is 5.93. The predicted octanol–water partition coefficient (Wildman–Crippen LogP) is 3.81. The number of thiazole rings is 1. The maximum absolute atomic E-state index is 5.84. The summed E-state index contributed by atoms with van der Waals surface area (Å²) in [5, 5.41) is 7.15. The quantitative estimate of drug-likeness (QED) is 0.845. The van der Waals surface area contributed by atoms with Crippen molar-refractivity contribution in [2.45, 2.75) is 17.2 Å². The van der Waals surface area contributed by atoms with Gasteiger partial charge < -0.3 is 5.32 Å². The van der Waals surface area contributed by atoms with Crippen LogP contribution in [0.25, 0.3) is 0 Å². The number of hydrogen-bond donors (Lipinski definition) is 1. The predicted molar refractivity (Wildman–Crippen MR) is 75.9 cm³/mol. The fraction of sp³-hybridized carbons (Fsp3) is 0.250. The van der Waals surface area contributed by atoms with Crippen LogP contribution in [0.5, 0.6) is 0 Å². The summed E-state index contributed by atoms with van der Waals surface area (Å²) in [5.74, 6) is 0.913. The molecule has 0 atom stereocenters. The molecule has 0 bridgehead atoms. The van der Waals surface area contributed by atoms with E-state index in [2.05, 4.69) is 15.7 Å². The maximum atomic E-state index is 5.84. The Kier molecular flexibility index (Phi) is 4.86. The summed E-state index contributed by atoms with van der Waals surface area (Å²) in [4.78, 5) is 5.76. The first kappa shape index (κ1) is 12.9. The molecule has 1 heterocycles. The maximum Gasteiger partial charge on any atom is 0.103 e. The molecule has 0 radical (unpaired) electrons. The first-order chi connectivity index (χ1) is 8.28. The molecular weight excluding hydrogens is 272 g/mol. The van der Waals surface area contributed by atoms with Crippen molar-refractivity contribution >= 4 is 34.7 Å². The molecule has 0 amide bonds. The standard InChI is InChI=1S/C12H13ClN2S2/c1-14-6-10-7-17-12(15-10)8-16-11-4-2-9(13)3-5-11/h2-5,7,14H,6,8H2,1H3. The van der Waals surface area contributed by atoms with Gasteiger partial charge in [-0.3, -0.25) is 0 Å². The van der Waals surface area contributed by atoms with Crippen molar-refractivity contribution in [2.75, 3.05) is 7.05 Å². The number of hydrogen-bond acceptors (Lipinski definition) is 4. The van der Waals surface area contributed by atoms with Gasteiger partial charge in [-0.25, -0.2) is 4.98 Å². The van der Waals surface area contributed by atoms with Crippen molar-refractivity contribution in [2.24, 2.45) is 0 Å². The molecule has 5 heteroatoms. The zero-order chi connectivity index (χ0) is 12.1. The van der Waals surface area contributed by atoms with E-state index in [0.29, 0.717) is 0 Å². The second kappa shape index (κ2) is 6.40. The van der Waals surface area contributed by atoms with Crippen LogP contribution in [0.1, 0.15) is 10.7 Å². The van der Waals surface area contributed by atoms with Gasteiger partial charge in [0.05, 0.1) is 11.4 Å². The molecule has 0 spiro atoms. The van der Waals surface area contributed by atoms with Crippen molar-refractivity contribution in [1.82, 2.24) is 10.3 Å². The third-order valence-electron chi connectivity index (χ3n) is 2.13. The molecular formula is C12H13ClN2S2. The average molecular weight is 285 g/mol. The lowest BCUT2D eigenvalue weighted by Gasteiger charge is -1.99. The van der Waals surface area contributed by atoms with E-state index in [-0.39, 0.29) is 0 Å². The minimum absolute atomic E-state index is 0.778. The molecule has 1 aromatic heterocycles. The van der Waals surface area contributed by atoms with Gasteiger partial charge in [0.2, 0.25) is 0 Å². The fourth-order valence-electron chi connectivity index (χ4n) is 1.35. The molecule has 0 saturated carbocycles. The number of rotatable bonds is 5.